The Morgan fingerprint density at radius 3 is 2.31 bits per heavy atom. The van der Waals surface area contributed by atoms with E-state index in [0.717, 1.165) is 67.6 Å². The van der Waals surface area contributed by atoms with E-state index in [1.807, 2.05) is 12.4 Å². The molecule has 6 rings (SSSR count). The molecule has 1 saturated carbocycles. The van der Waals surface area contributed by atoms with Crippen molar-refractivity contribution >= 4 is 34.3 Å². The Labute approximate surface area is 188 Å². The number of nitrogens with one attached hydrogen (secondary N) is 2. The van der Waals surface area contributed by atoms with Crippen molar-refractivity contribution in [1.29, 1.82) is 0 Å². The summed E-state index contributed by atoms with van der Waals surface area (Å²) < 4.78 is 2.18. The fourth-order valence-corrected chi connectivity index (χ4v) is 5.20. The number of pyridine rings is 1. The van der Waals surface area contributed by atoms with E-state index < -0.39 is 0 Å². The molecule has 3 aromatic heterocycles. The molecule has 0 aromatic carbocycles. The predicted octanol–water partition coefficient (Wildman–Crippen LogP) is 3.09. The topological polar surface area (TPSA) is 87.0 Å². The molecule has 0 atom stereocenters. The minimum Gasteiger partial charge on any atom is -0.356 e. The molecule has 3 fully saturated rings. The molecular formula is C23H31N9. The lowest BCUT2D eigenvalue weighted by molar-refractivity contribution is 0.482. The van der Waals surface area contributed by atoms with Gasteiger partial charge in [0.25, 0.3) is 0 Å². The molecule has 2 aliphatic heterocycles. The zero-order valence-corrected chi connectivity index (χ0v) is 18.5. The third-order valence-electron chi connectivity index (χ3n) is 6.96. The highest BCUT2D eigenvalue weighted by molar-refractivity contribution is 5.81. The molecule has 3 aliphatic rings. The van der Waals surface area contributed by atoms with Crippen LogP contribution in [0, 0.1) is 0 Å². The number of hydrogen-bond acceptors (Lipinski definition) is 8. The number of rotatable bonds is 5. The van der Waals surface area contributed by atoms with Crippen LogP contribution in [0.25, 0.3) is 10.9 Å². The van der Waals surface area contributed by atoms with Crippen molar-refractivity contribution < 1.29 is 0 Å². The van der Waals surface area contributed by atoms with Gasteiger partial charge in [0.2, 0.25) is 5.95 Å². The summed E-state index contributed by atoms with van der Waals surface area (Å²) in [5.41, 5.74) is 1.13. The Balaban J connectivity index is 1.32. The third-order valence-corrected chi connectivity index (χ3v) is 6.96. The van der Waals surface area contributed by atoms with Gasteiger partial charge < -0.3 is 20.4 Å². The number of hydrogen-bond donors (Lipinski definition) is 2. The molecule has 9 heteroatoms. The van der Waals surface area contributed by atoms with Crippen molar-refractivity contribution in [3.63, 3.8) is 0 Å². The lowest BCUT2D eigenvalue weighted by atomic mass is 10.2. The van der Waals surface area contributed by atoms with Gasteiger partial charge in [0.1, 0.15) is 17.5 Å². The fourth-order valence-electron chi connectivity index (χ4n) is 5.20. The Bertz CT molecular complexity index is 1080. The van der Waals surface area contributed by atoms with Crippen LogP contribution in [0.3, 0.4) is 0 Å². The first-order chi connectivity index (χ1) is 15.8. The van der Waals surface area contributed by atoms with E-state index in [-0.39, 0.29) is 0 Å². The largest absolute Gasteiger partial charge is 0.356 e. The summed E-state index contributed by atoms with van der Waals surface area (Å²) in [7, 11) is 0. The first kappa shape index (κ1) is 19.7. The van der Waals surface area contributed by atoms with Crippen LogP contribution in [-0.4, -0.2) is 64.0 Å². The average Bonchev–Trinajstić information content (AvgIpc) is 3.61. The van der Waals surface area contributed by atoms with E-state index in [1.165, 1.54) is 38.5 Å². The summed E-state index contributed by atoms with van der Waals surface area (Å²) in [5, 5.41) is 12.6. The maximum Gasteiger partial charge on any atom is 0.232 e. The Morgan fingerprint density at radius 2 is 1.56 bits per heavy atom. The van der Waals surface area contributed by atoms with Gasteiger partial charge in [0.15, 0.2) is 0 Å². The number of anilines is 4. The monoisotopic (exact) mass is 433 g/mol. The Kier molecular flexibility index (Phi) is 5.26. The SMILES string of the molecule is c1c(N2CCCC2)nc(Nc2cc3c(cn2)cnn3C2CCCC2)nc1N1CCNCC1. The second-order valence-electron chi connectivity index (χ2n) is 9.12. The normalized spacial score (nSPS) is 19.9. The maximum atomic E-state index is 4.88. The van der Waals surface area contributed by atoms with Gasteiger partial charge in [-0.15, -0.1) is 0 Å². The van der Waals surface area contributed by atoms with Crippen molar-refractivity contribution in [3.05, 3.63) is 24.5 Å². The van der Waals surface area contributed by atoms with Crippen molar-refractivity contribution in [2.45, 2.75) is 44.6 Å². The van der Waals surface area contributed by atoms with E-state index in [9.17, 15) is 0 Å². The van der Waals surface area contributed by atoms with E-state index in [2.05, 4.69) is 47.3 Å². The van der Waals surface area contributed by atoms with Gasteiger partial charge in [-0.2, -0.15) is 15.1 Å². The highest BCUT2D eigenvalue weighted by atomic mass is 15.3. The van der Waals surface area contributed by atoms with Gasteiger partial charge in [-0.3, -0.25) is 4.68 Å². The lowest BCUT2D eigenvalue weighted by Crippen LogP contribution is -2.44. The summed E-state index contributed by atoms with van der Waals surface area (Å²) in [6.45, 7) is 6.00. The molecule has 9 nitrogen and oxygen atoms in total. The highest BCUT2D eigenvalue weighted by Gasteiger charge is 2.21. The van der Waals surface area contributed by atoms with E-state index >= 15 is 0 Å². The van der Waals surface area contributed by atoms with Gasteiger partial charge in [0.05, 0.1) is 17.8 Å². The molecule has 5 heterocycles. The summed E-state index contributed by atoms with van der Waals surface area (Å²) in [5.74, 6) is 3.37. The summed E-state index contributed by atoms with van der Waals surface area (Å²) >= 11 is 0. The molecule has 0 amide bonds. The van der Waals surface area contributed by atoms with Crippen LogP contribution in [-0.2, 0) is 0 Å². The molecule has 1 aliphatic carbocycles. The number of piperazine rings is 1. The molecule has 168 valence electrons. The van der Waals surface area contributed by atoms with Crippen LogP contribution in [0.5, 0.6) is 0 Å². The van der Waals surface area contributed by atoms with Crippen LogP contribution in [0.15, 0.2) is 24.5 Å². The highest BCUT2D eigenvalue weighted by Crippen LogP contribution is 2.32. The van der Waals surface area contributed by atoms with Gasteiger partial charge in [-0.05, 0) is 25.7 Å². The summed E-state index contributed by atoms with van der Waals surface area (Å²) in [4.78, 5) is 19.1. The van der Waals surface area contributed by atoms with Gasteiger partial charge >= 0.3 is 0 Å². The van der Waals surface area contributed by atoms with Gasteiger partial charge in [0, 0.05) is 63.0 Å². The van der Waals surface area contributed by atoms with Crippen LogP contribution >= 0.6 is 0 Å². The molecule has 0 radical (unpaired) electrons. The standard InChI is InChI=1S/C23H31N9/c1-2-6-18(5-1)32-19-13-20(25-15-17(19)16-26-32)27-23-28-21(30-9-3-4-10-30)14-22(29-23)31-11-7-24-8-12-31/h13-16,18,24H,1-12H2,(H,25,27,28,29). The molecule has 0 spiro atoms. The minimum atomic E-state index is 0.497. The molecule has 3 aromatic rings. The van der Waals surface area contributed by atoms with Crippen LogP contribution in [0.2, 0.25) is 0 Å². The molecule has 0 bridgehead atoms. The van der Waals surface area contributed by atoms with Crippen molar-refractivity contribution in [1.82, 2.24) is 30.0 Å². The van der Waals surface area contributed by atoms with E-state index in [4.69, 9.17) is 9.97 Å². The average molecular weight is 434 g/mol. The van der Waals surface area contributed by atoms with Crippen LogP contribution in [0.4, 0.5) is 23.4 Å². The second kappa shape index (κ2) is 8.54. The van der Waals surface area contributed by atoms with Crippen molar-refractivity contribution in [2.24, 2.45) is 0 Å². The Morgan fingerprint density at radius 1 is 0.844 bits per heavy atom. The molecule has 2 saturated heterocycles. The molecule has 32 heavy (non-hydrogen) atoms. The molecular weight excluding hydrogens is 402 g/mol. The smallest absolute Gasteiger partial charge is 0.232 e. The predicted molar refractivity (Wildman–Crippen MR) is 127 cm³/mol. The number of fused-ring (bicyclic) bond motifs is 1. The van der Waals surface area contributed by atoms with Crippen LogP contribution < -0.4 is 20.4 Å². The molecule has 2 N–H and O–H groups in total. The van der Waals surface area contributed by atoms with Crippen molar-refractivity contribution in [2.75, 3.05) is 54.4 Å². The lowest BCUT2D eigenvalue weighted by Gasteiger charge is -2.29. The second-order valence-corrected chi connectivity index (χ2v) is 9.12. The fraction of sp³-hybridized carbons (Fsp3) is 0.565. The summed E-state index contributed by atoms with van der Waals surface area (Å²) in [6, 6.07) is 4.74. The van der Waals surface area contributed by atoms with Crippen LogP contribution in [0.1, 0.15) is 44.6 Å². The zero-order chi connectivity index (χ0) is 21.3. The maximum absolute atomic E-state index is 4.88. The molecule has 0 unspecified atom stereocenters. The third kappa shape index (κ3) is 3.85. The first-order valence-electron chi connectivity index (χ1n) is 12.0. The van der Waals surface area contributed by atoms with Gasteiger partial charge in [-0.25, -0.2) is 4.98 Å². The Hall–Kier alpha value is -2.94. The van der Waals surface area contributed by atoms with E-state index in [0.29, 0.717) is 12.0 Å². The minimum absolute atomic E-state index is 0.497. The quantitative estimate of drug-likeness (QED) is 0.635. The van der Waals surface area contributed by atoms with Gasteiger partial charge in [-0.1, -0.05) is 12.8 Å². The number of nitrogens with zero attached hydrogens (tertiary/aromatic N) is 7. The van der Waals surface area contributed by atoms with Crippen molar-refractivity contribution in [3.8, 4) is 0 Å². The first-order valence-corrected chi connectivity index (χ1v) is 12.0. The summed E-state index contributed by atoms with van der Waals surface area (Å²) in [6.07, 6.45) is 11.3. The zero-order valence-electron chi connectivity index (χ0n) is 18.5. The number of aromatic nitrogens is 5. The van der Waals surface area contributed by atoms with E-state index in [1.54, 1.807) is 0 Å².